The van der Waals surface area contributed by atoms with Crippen molar-refractivity contribution >= 4 is 39.8 Å². The Morgan fingerprint density at radius 2 is 1.64 bits per heavy atom. The van der Waals surface area contributed by atoms with Crippen molar-refractivity contribution < 1.29 is 4.92 Å². The van der Waals surface area contributed by atoms with E-state index in [1.165, 1.54) is 11.6 Å². The Labute approximate surface area is 212 Å². The second kappa shape index (κ2) is 9.28. The maximum absolute atomic E-state index is 11.3. The van der Waals surface area contributed by atoms with E-state index in [-0.39, 0.29) is 10.6 Å². The molecule has 2 heterocycles. The van der Waals surface area contributed by atoms with Gasteiger partial charge in [0.15, 0.2) is 0 Å². The molecule has 4 aromatic carbocycles. The Bertz CT molecular complexity index is 1620. The van der Waals surface area contributed by atoms with Crippen LogP contribution in [0.2, 0.25) is 0 Å². The standard InChI is InChI=1S/C29H20N4O2S/c34-33(35)23-12-15-27-26(18-23)28(16-17-30-27)36-24-13-10-22(11-14-24)32-19-21-8-4-5-9-25(21)29(31-32)20-6-2-1-3-7-20/h1-18H,19H2. The van der Waals surface area contributed by atoms with E-state index in [2.05, 4.69) is 65.6 Å². The molecule has 36 heavy (non-hydrogen) atoms. The summed E-state index contributed by atoms with van der Waals surface area (Å²) < 4.78 is 0. The number of nitrogens with zero attached hydrogens (tertiary/aromatic N) is 4. The summed E-state index contributed by atoms with van der Waals surface area (Å²) in [7, 11) is 0. The number of nitro benzene ring substituents is 1. The van der Waals surface area contributed by atoms with E-state index in [0.29, 0.717) is 6.54 Å². The SMILES string of the molecule is O=[N+]([O-])c1ccc2nccc(Sc3ccc(N4Cc5ccccc5C(c5ccccc5)=N4)cc3)c2c1. The van der Waals surface area contributed by atoms with Crippen LogP contribution >= 0.6 is 11.8 Å². The lowest BCUT2D eigenvalue weighted by atomic mass is 9.96. The number of pyridine rings is 1. The molecule has 174 valence electrons. The molecule has 1 aliphatic rings. The van der Waals surface area contributed by atoms with Gasteiger partial charge in [-0.25, -0.2) is 0 Å². The van der Waals surface area contributed by atoms with Gasteiger partial charge in [0.25, 0.3) is 5.69 Å². The number of hydrogen-bond donors (Lipinski definition) is 0. The first-order valence-electron chi connectivity index (χ1n) is 11.5. The molecule has 0 saturated carbocycles. The van der Waals surface area contributed by atoms with Crippen LogP contribution in [0.3, 0.4) is 0 Å². The minimum atomic E-state index is -0.378. The second-order valence-corrected chi connectivity index (χ2v) is 9.51. The van der Waals surface area contributed by atoms with Gasteiger partial charge in [-0.2, -0.15) is 5.10 Å². The van der Waals surface area contributed by atoms with Gasteiger partial charge in [-0.1, -0.05) is 66.4 Å². The van der Waals surface area contributed by atoms with Crippen LogP contribution in [0.15, 0.2) is 124 Å². The minimum Gasteiger partial charge on any atom is -0.260 e. The first-order valence-corrected chi connectivity index (χ1v) is 12.3. The Kier molecular flexibility index (Phi) is 5.67. The van der Waals surface area contributed by atoms with Gasteiger partial charge in [0.05, 0.1) is 28.4 Å². The van der Waals surface area contributed by atoms with Gasteiger partial charge in [-0.15, -0.1) is 0 Å². The van der Waals surface area contributed by atoms with Crippen molar-refractivity contribution in [2.45, 2.75) is 16.3 Å². The Morgan fingerprint density at radius 3 is 2.44 bits per heavy atom. The maximum Gasteiger partial charge on any atom is 0.270 e. The third-order valence-corrected chi connectivity index (χ3v) is 7.20. The minimum absolute atomic E-state index is 0.0603. The molecule has 1 aromatic heterocycles. The van der Waals surface area contributed by atoms with Crippen molar-refractivity contribution in [3.05, 3.63) is 136 Å². The largest absolute Gasteiger partial charge is 0.270 e. The van der Waals surface area contributed by atoms with Crippen LogP contribution in [-0.2, 0) is 6.54 Å². The summed E-state index contributed by atoms with van der Waals surface area (Å²) >= 11 is 1.56. The fourth-order valence-electron chi connectivity index (χ4n) is 4.34. The molecule has 0 amide bonds. The number of hydrazone groups is 1. The number of hydrogen-bond acceptors (Lipinski definition) is 6. The van der Waals surface area contributed by atoms with Crippen LogP contribution in [0.4, 0.5) is 11.4 Å². The lowest BCUT2D eigenvalue weighted by Gasteiger charge is -2.28. The molecular weight excluding hydrogens is 468 g/mol. The molecule has 7 heteroatoms. The van der Waals surface area contributed by atoms with E-state index in [4.69, 9.17) is 5.10 Å². The van der Waals surface area contributed by atoms with Crippen molar-refractivity contribution in [3.8, 4) is 0 Å². The second-order valence-electron chi connectivity index (χ2n) is 8.39. The fraction of sp³-hybridized carbons (Fsp3) is 0.0345. The summed E-state index contributed by atoms with van der Waals surface area (Å²) in [5.41, 5.74) is 6.22. The van der Waals surface area contributed by atoms with E-state index in [1.54, 1.807) is 30.1 Å². The molecule has 0 fully saturated rings. The summed E-state index contributed by atoms with van der Waals surface area (Å²) in [5.74, 6) is 0. The molecule has 0 unspecified atom stereocenters. The van der Waals surface area contributed by atoms with Gasteiger partial charge in [-0.3, -0.25) is 20.1 Å². The smallest absolute Gasteiger partial charge is 0.260 e. The third-order valence-electron chi connectivity index (χ3n) is 6.12. The number of nitro groups is 1. The van der Waals surface area contributed by atoms with Crippen molar-refractivity contribution in [3.63, 3.8) is 0 Å². The Morgan fingerprint density at radius 1 is 0.861 bits per heavy atom. The number of rotatable bonds is 5. The van der Waals surface area contributed by atoms with Gasteiger partial charge < -0.3 is 0 Å². The summed E-state index contributed by atoms with van der Waals surface area (Å²) in [6, 6.07) is 33.5. The van der Waals surface area contributed by atoms with Crippen molar-refractivity contribution in [2.75, 3.05) is 5.01 Å². The fourth-order valence-corrected chi connectivity index (χ4v) is 5.27. The van der Waals surface area contributed by atoms with Crippen molar-refractivity contribution in [1.82, 2.24) is 4.98 Å². The number of aromatic nitrogens is 1. The predicted molar refractivity (Wildman–Crippen MR) is 144 cm³/mol. The Hall–Kier alpha value is -4.49. The topological polar surface area (TPSA) is 71.6 Å². The van der Waals surface area contributed by atoms with E-state index in [0.717, 1.165) is 43.2 Å². The lowest BCUT2D eigenvalue weighted by molar-refractivity contribution is -0.384. The van der Waals surface area contributed by atoms with Gasteiger partial charge >= 0.3 is 0 Å². The first-order chi connectivity index (χ1) is 17.7. The lowest BCUT2D eigenvalue weighted by Crippen LogP contribution is -2.26. The first kappa shape index (κ1) is 22.0. The highest BCUT2D eigenvalue weighted by molar-refractivity contribution is 7.99. The monoisotopic (exact) mass is 488 g/mol. The van der Waals surface area contributed by atoms with Crippen molar-refractivity contribution in [1.29, 1.82) is 0 Å². The Balaban J connectivity index is 1.31. The molecule has 5 aromatic rings. The van der Waals surface area contributed by atoms with Gasteiger partial charge in [0, 0.05) is 44.6 Å². The third kappa shape index (κ3) is 4.21. The van der Waals surface area contributed by atoms with Crippen LogP contribution in [0.1, 0.15) is 16.7 Å². The molecule has 0 N–H and O–H groups in total. The molecule has 6 rings (SSSR count). The van der Waals surface area contributed by atoms with E-state index < -0.39 is 0 Å². The maximum atomic E-state index is 11.3. The number of non-ortho nitro benzene ring substituents is 1. The zero-order valence-electron chi connectivity index (χ0n) is 19.1. The van der Waals surface area contributed by atoms with Crippen LogP contribution < -0.4 is 5.01 Å². The van der Waals surface area contributed by atoms with Crippen LogP contribution in [-0.4, -0.2) is 15.6 Å². The summed E-state index contributed by atoms with van der Waals surface area (Å²) in [5, 5.41) is 19.1. The molecule has 6 nitrogen and oxygen atoms in total. The summed E-state index contributed by atoms with van der Waals surface area (Å²) in [6.45, 7) is 0.692. The average molecular weight is 489 g/mol. The van der Waals surface area contributed by atoms with Crippen LogP contribution in [0.5, 0.6) is 0 Å². The molecule has 0 atom stereocenters. The average Bonchev–Trinajstić information content (AvgIpc) is 2.93. The van der Waals surface area contributed by atoms with E-state index >= 15 is 0 Å². The number of benzene rings is 4. The van der Waals surface area contributed by atoms with Crippen LogP contribution in [0.25, 0.3) is 10.9 Å². The number of fused-ring (bicyclic) bond motifs is 2. The molecule has 0 radical (unpaired) electrons. The van der Waals surface area contributed by atoms with Crippen molar-refractivity contribution in [2.24, 2.45) is 5.10 Å². The normalized spacial score (nSPS) is 12.8. The van der Waals surface area contributed by atoms with Gasteiger partial charge in [-0.05, 0) is 42.0 Å². The number of anilines is 1. The molecular formula is C29H20N4O2S. The molecule has 0 bridgehead atoms. The highest BCUT2D eigenvalue weighted by atomic mass is 32.2. The molecule has 0 aliphatic carbocycles. The van der Waals surface area contributed by atoms with E-state index in [9.17, 15) is 10.1 Å². The highest BCUT2D eigenvalue weighted by Crippen LogP contribution is 2.36. The van der Waals surface area contributed by atoms with Gasteiger partial charge in [0.2, 0.25) is 0 Å². The summed E-state index contributed by atoms with van der Waals surface area (Å²) in [6.07, 6.45) is 1.73. The summed E-state index contributed by atoms with van der Waals surface area (Å²) in [4.78, 5) is 17.2. The van der Waals surface area contributed by atoms with E-state index in [1.807, 2.05) is 29.3 Å². The quantitative estimate of drug-likeness (QED) is 0.195. The molecule has 0 saturated heterocycles. The predicted octanol–water partition coefficient (Wildman–Crippen LogP) is 7.07. The molecule has 1 aliphatic heterocycles. The highest BCUT2D eigenvalue weighted by Gasteiger charge is 2.21. The van der Waals surface area contributed by atoms with Gasteiger partial charge in [0.1, 0.15) is 0 Å². The zero-order chi connectivity index (χ0) is 24.5. The molecule has 0 spiro atoms. The zero-order valence-corrected chi connectivity index (χ0v) is 19.9. The van der Waals surface area contributed by atoms with Crippen LogP contribution in [0, 0.1) is 10.1 Å².